The van der Waals surface area contributed by atoms with E-state index < -0.39 is 212 Å². The number of carboxylic acid groups (broad SMARTS) is 4. The number of H-pyrrole nitrogens is 1. The molecule has 3 saturated heterocycles. The van der Waals surface area contributed by atoms with Crippen LogP contribution in [-0.4, -0.2) is 353 Å². The number of primary amides is 1. The zero-order valence-corrected chi connectivity index (χ0v) is 87.1. The van der Waals surface area contributed by atoms with Crippen molar-refractivity contribution in [2.75, 3.05) is 110 Å². The predicted molar refractivity (Wildman–Crippen MR) is 557 cm³/mol. The van der Waals surface area contributed by atoms with Gasteiger partial charge in [0.05, 0.1) is 58.0 Å². The zero-order valence-electron chi connectivity index (χ0n) is 85.5. The number of nitrogens with zero attached hydrogens (tertiary/aromatic N) is 5. The number of ketones is 1. The Balaban J connectivity index is 0.000000481. The van der Waals surface area contributed by atoms with Gasteiger partial charge in [-0.15, -0.1) is 0 Å². The first-order valence-electron chi connectivity index (χ1n) is 51.0. The molecule has 15 amide bonds. The molecule has 2 aromatic carbocycles. The number of nitrogens with one attached hydrogen (secondary N) is 14. The maximum absolute atomic E-state index is 15.2. The van der Waals surface area contributed by atoms with Crippen LogP contribution in [0.5, 0.6) is 0 Å². The van der Waals surface area contributed by atoms with Gasteiger partial charge >= 0.3 is 23.9 Å². The van der Waals surface area contributed by atoms with Crippen LogP contribution >= 0.6 is 21.6 Å². The van der Waals surface area contributed by atoms with Crippen molar-refractivity contribution in [2.45, 2.75) is 279 Å². The van der Waals surface area contributed by atoms with Crippen molar-refractivity contribution in [3.63, 3.8) is 0 Å². The Morgan fingerprint density at radius 1 is 0.547 bits per heavy atom. The number of aromatic nitrogens is 1. The third-order valence-corrected chi connectivity index (χ3v) is 27.3. The van der Waals surface area contributed by atoms with E-state index in [9.17, 15) is 81.5 Å². The molecular weight excluding hydrogens is 1990 g/mol. The summed E-state index contributed by atoms with van der Waals surface area (Å²) in [6, 6.07) is 1.60. The van der Waals surface area contributed by atoms with E-state index in [1.807, 2.05) is 24.3 Å². The zero-order chi connectivity index (χ0) is 110. The molecule has 12 atom stereocenters. The topological polar surface area (TPSA) is 751 Å². The van der Waals surface area contributed by atoms with Crippen LogP contribution in [0.4, 0.5) is 0 Å². The number of fused-ring (bicyclic) bond motifs is 1. The van der Waals surface area contributed by atoms with Crippen LogP contribution in [0, 0.1) is 0 Å². The molecule has 1 aromatic heterocycles. The number of carboxylic acids is 4. The fourth-order valence-electron chi connectivity index (χ4n) is 17.1. The molecule has 0 aliphatic carbocycles. The van der Waals surface area contributed by atoms with Gasteiger partial charge in [-0.25, -0.2) is 0 Å². The number of carbonyl (C=O) groups is 20. The minimum Gasteiger partial charge on any atom is -0.481 e. The number of carbonyl (C=O) groups excluding carboxylic acids is 16. The van der Waals surface area contributed by atoms with Gasteiger partial charge in [-0.05, 0) is 134 Å². The molecule has 0 bridgehead atoms. The minimum absolute atomic E-state index is 0.0115. The number of guanidine groups is 1. The minimum atomic E-state index is -1.59. The molecule has 0 unspecified atom stereocenters. The fraction of sp³-hybridized carbons (Fsp3) is 0.616. The number of hydrogen-bond acceptors (Lipinski definition) is 29. The number of ether oxygens (including phenoxy) is 2. The highest BCUT2D eigenvalue weighted by molar-refractivity contribution is 8.76. The van der Waals surface area contributed by atoms with Gasteiger partial charge in [0.15, 0.2) is 11.7 Å². The van der Waals surface area contributed by atoms with E-state index >= 15 is 14.4 Å². The summed E-state index contributed by atoms with van der Waals surface area (Å²) >= 11 is 0. The van der Waals surface area contributed by atoms with Gasteiger partial charge in [0, 0.05) is 125 Å². The van der Waals surface area contributed by atoms with Gasteiger partial charge in [0.2, 0.25) is 88.6 Å². The van der Waals surface area contributed by atoms with Crippen molar-refractivity contribution in [3.8, 4) is 0 Å². The van der Waals surface area contributed by atoms with E-state index in [-0.39, 0.29) is 146 Å². The number of hydrogen-bond donors (Lipinski definition) is 22. The maximum atomic E-state index is 15.2. The Labute approximate surface area is 879 Å². The number of aromatic amines is 1. The van der Waals surface area contributed by atoms with Crippen molar-refractivity contribution in [1.82, 2.24) is 88.8 Å². The number of likely N-dealkylation sites (tertiary alicyclic amines) is 2. The number of likely N-dealkylation sites (N-methyl/N-ethyl adjacent to an activating group) is 1. The van der Waals surface area contributed by atoms with Crippen LogP contribution in [0.1, 0.15) is 205 Å². The first-order chi connectivity index (χ1) is 71.8. The predicted octanol–water partition coefficient (Wildman–Crippen LogP) is -1.05. The molecule has 0 radical (unpaired) electrons. The van der Waals surface area contributed by atoms with Gasteiger partial charge in [0.25, 0.3) is 0 Å². The SMILES string of the molecule is CC(=O)N[C@H]1CCSSC[C@@H](C(=O)N2CCC[C@H]2C(=O)N2CCC[C@H]2C(=O)N[C@@H](CCCCN)C(C)=O)NC(=O)[C@H](Cc2c[nH]c3ccccc23)NC(=O)[C@H](CCCN=C(N)N)NC(=O)[C@@H](Cc2ccccc2)NC(=O)[C@H](CC2=CCC=N2)NC1=O.CN[C@@H](CC(=O)O)C(=O)N[C@@H](CNC(=O)CN(CC(=O)O)CC(=O)O)C(=O)N[C@@H](CCCCNC(=O)COCCOCCNC(=O)CCCCCCCCCCCCC(=O)O)C(N)=O. The molecule has 3 aromatic rings. The Kier molecular flexibility index (Phi) is 58.5. The van der Waals surface area contributed by atoms with Crippen LogP contribution < -0.4 is 92.1 Å². The van der Waals surface area contributed by atoms with Crippen LogP contribution in [0.3, 0.4) is 0 Å². The number of nitrogens with two attached hydrogens (primary N) is 4. The molecule has 0 saturated carbocycles. The molecule has 830 valence electrons. The summed E-state index contributed by atoms with van der Waals surface area (Å²) in [7, 11) is 3.75. The molecule has 26 N–H and O–H groups in total. The molecule has 51 heteroatoms. The highest BCUT2D eigenvalue weighted by Gasteiger charge is 2.46. The van der Waals surface area contributed by atoms with Crippen LogP contribution in [0.25, 0.3) is 10.9 Å². The third-order valence-electron chi connectivity index (χ3n) is 24.9. The first kappa shape index (κ1) is 125. The standard InChI is InChI=1S/C59H81N15O10S2.C40H70N8O16/c1-35(75)41(18-8-9-24-60)67-56(82)49-21-12-27-73(49)58(84)50-22-13-28-74(50)57(83)48-34-86-85-29-23-44(66-36(2)76)52(78)71-47(32-39-16-10-25-63-39)55(81)69-45(30-37-14-4-3-5-15-37)53(79)68-43(20-11-26-64-59(61)62)51(77)70-46(54(80)72-48)31-38-33-65-42-19-7-6-17-40(38)42;1-42-29(22-35(54)55)39(61)47-30(23-45-32(50)24-48(25-36(56)57)26-37(58)59)40(62)46-28(38(41)60)14-12-13-17-43-33(51)27-64-21-20-63-19-18-44-31(49)15-10-8-6-4-2-3-5-7-9-11-16-34(52)53/h3-7,14-17,19,25,33,41,43-50,65H,8-13,18,20-24,26-32,34,60H2,1-2H3,(H,66,76)(H,67,82)(H,68,79)(H,69,81)(H,70,77)(H,71,78)(H,72,80)(H4,61,62,64);28-30,42H,2-27H2,1H3,(H2,41,60)(H,43,51)(H,44,49)(H,45,50)(H,46,62)(H,47,61)(H,52,53)(H,54,55)(H,56,57)(H,58,59)/t41-,43-,44-,45+,46-,47-,48-,49-,50-;28-,29-,30-/m00/s1. The molecule has 150 heavy (non-hydrogen) atoms. The number of aliphatic carboxylic acids is 4. The van der Waals surface area contributed by atoms with E-state index in [4.69, 9.17) is 52.8 Å². The van der Waals surface area contributed by atoms with Crippen LogP contribution in [0.2, 0.25) is 0 Å². The van der Waals surface area contributed by atoms with Gasteiger partial charge in [-0.3, -0.25) is 111 Å². The lowest BCUT2D eigenvalue weighted by Crippen LogP contribution is -2.61. The summed E-state index contributed by atoms with van der Waals surface area (Å²) in [6.45, 7) is 1.59. The van der Waals surface area contributed by atoms with E-state index in [0.29, 0.717) is 87.7 Å². The number of aliphatic imine (C=N–C) groups is 2. The number of para-hydroxylation sites is 1. The fourth-order valence-corrected chi connectivity index (χ4v) is 19.3. The van der Waals surface area contributed by atoms with Gasteiger partial charge in [-0.2, -0.15) is 0 Å². The average Bonchev–Trinajstić information content (AvgIpc) is 1.65. The summed E-state index contributed by atoms with van der Waals surface area (Å²) in [5.74, 6) is -15.1. The van der Waals surface area contributed by atoms with E-state index in [2.05, 4.69) is 84.1 Å². The Hall–Kier alpha value is -13.2. The second-order valence-corrected chi connectivity index (χ2v) is 39.6. The molecule has 4 aliphatic heterocycles. The monoisotopic (exact) mass is 2140 g/mol. The third kappa shape index (κ3) is 48.6. The Bertz CT molecular complexity index is 5030. The first-order valence-corrected chi connectivity index (χ1v) is 53.5. The number of Topliss-reactive ketones (excluding diaryl/α,β-unsaturated/α-hetero) is 1. The normalized spacial score (nSPS) is 19.0. The maximum Gasteiger partial charge on any atom is 0.317 e. The van der Waals surface area contributed by atoms with Crippen molar-refractivity contribution < 1.29 is 126 Å². The lowest BCUT2D eigenvalue weighted by atomic mass is 10.0. The van der Waals surface area contributed by atoms with Crippen molar-refractivity contribution in [1.29, 1.82) is 0 Å². The van der Waals surface area contributed by atoms with Crippen molar-refractivity contribution in [3.05, 3.63) is 83.7 Å². The van der Waals surface area contributed by atoms with Crippen molar-refractivity contribution >= 4 is 163 Å². The van der Waals surface area contributed by atoms with Crippen molar-refractivity contribution in [2.24, 2.45) is 32.9 Å². The molecule has 0 spiro atoms. The largest absolute Gasteiger partial charge is 0.481 e. The van der Waals surface area contributed by atoms with Gasteiger partial charge in [-0.1, -0.05) is 128 Å². The molecule has 49 nitrogen and oxygen atoms in total. The second-order valence-electron chi connectivity index (χ2n) is 36.9. The second kappa shape index (κ2) is 69.9. The molecule has 7 rings (SSSR count). The number of benzene rings is 2. The number of allylic oxidation sites excluding steroid dienone is 1. The van der Waals surface area contributed by atoms with E-state index in [0.717, 1.165) is 80.0 Å². The molecule has 4 aliphatic rings. The summed E-state index contributed by atoms with van der Waals surface area (Å²) in [5, 5.41) is 71.3. The summed E-state index contributed by atoms with van der Waals surface area (Å²) in [4.78, 5) is 277. The Morgan fingerprint density at radius 2 is 1.13 bits per heavy atom. The highest BCUT2D eigenvalue weighted by atomic mass is 33.1. The Morgan fingerprint density at radius 3 is 1.75 bits per heavy atom. The lowest BCUT2D eigenvalue weighted by Gasteiger charge is -2.33. The van der Waals surface area contributed by atoms with E-state index in [1.165, 1.54) is 52.3 Å². The average molecular weight is 2140 g/mol. The summed E-state index contributed by atoms with van der Waals surface area (Å²) in [6.07, 6.45) is 19.8. The van der Waals surface area contributed by atoms with Gasteiger partial charge < -0.3 is 137 Å². The number of rotatable bonds is 62. The number of amides is 15. The van der Waals surface area contributed by atoms with Gasteiger partial charge in [0.1, 0.15) is 67.0 Å². The summed E-state index contributed by atoms with van der Waals surface area (Å²) in [5.41, 5.74) is 25.0. The summed E-state index contributed by atoms with van der Waals surface area (Å²) < 4.78 is 10.7. The number of unbranched alkanes of at least 4 members (excludes halogenated alkanes) is 11. The highest BCUT2D eigenvalue weighted by Crippen LogP contribution is 2.30. The molecule has 5 heterocycles. The smallest absolute Gasteiger partial charge is 0.317 e. The molecule has 3 fully saturated rings. The molecular formula is C99H151N23O26S2. The quantitative estimate of drug-likeness (QED) is 0.0139. The van der Waals surface area contributed by atoms with E-state index in [1.54, 1.807) is 48.8 Å². The lowest BCUT2D eigenvalue weighted by molar-refractivity contribution is -0.148. The van der Waals surface area contributed by atoms with Crippen LogP contribution in [0.15, 0.2) is 82.6 Å². The van der Waals surface area contributed by atoms with Crippen LogP contribution in [-0.2, 0) is 118 Å².